The second kappa shape index (κ2) is 46.0. The van der Waals surface area contributed by atoms with Crippen LogP contribution < -0.4 is 35.9 Å². The predicted molar refractivity (Wildman–Crippen MR) is 512 cm³/mol. The van der Waals surface area contributed by atoms with Crippen molar-refractivity contribution in [1.29, 1.82) is 5.26 Å². The summed E-state index contributed by atoms with van der Waals surface area (Å²) in [6.07, 6.45) is 13.1. The fourth-order valence-corrected chi connectivity index (χ4v) is 15.4. The van der Waals surface area contributed by atoms with E-state index in [9.17, 15) is 15.2 Å². The van der Waals surface area contributed by atoms with Gasteiger partial charge in [0, 0.05) is 119 Å². The topological polar surface area (TPSA) is 379 Å². The zero-order valence-corrected chi connectivity index (χ0v) is 80.2. The lowest BCUT2D eigenvalue weighted by Crippen LogP contribution is -2.29. The molecule has 0 bridgehead atoms. The number of aromatic carboxylic acids is 1. The minimum atomic E-state index is -3.72. The average molecular weight is 2180 g/mol. The fraction of sp³-hybridized carbons (Fsp3) is 0.0952. The summed E-state index contributed by atoms with van der Waals surface area (Å²) in [7, 11) is 9.87. The molecule has 622 valence electrons. The standard InChI is InChI=1S/C17H13N3O.C17H14N2O3.C16H13BrN2O.C8H11BO3.C8H4Br2N2.C6H2Br2N2S.C6H6Br2N2.C6H4N2S.Cl2O2S/c1-11-7-13(9-14(8-11)21-2)15-4-3-12(10-18)16-17(15)20-6-5-19-16;1-10-7-11(9-12(8-10)22-2)13-3-4-14(17(20)21)16-15(13)18-5-6-19-16;1-10-7-11(9-12(8-10)20-2)13-3-4-14(17)16-15(13)18-5-6-19-16;1-6-3-7(9(10)11)5-8(4-6)12-2;9-5-1-2-6(10)8-7(5)11-3-4-12-8;7-3-1-2-4(8)6-5(3)9-11-10-6;7-3-1-2-4(8)6(10)5(3)9;1-2-4-6-5(3-1)7-9-8-6;1-5(2,3)4/h3-9H,1-2H3;3-9H,1-2H3,(H,20,21);3-9H,1-2H3;3-5,10-11H,1-2H3;1-4H;1-2H;1-2H,9-10H2;1-4H;. The first-order valence-electron chi connectivity index (χ1n) is 35.2. The molecule has 17 rings (SSSR count). The number of nitrogens with two attached hydrogens (primary N) is 2. The summed E-state index contributed by atoms with van der Waals surface area (Å²) >= 11 is 26.1. The monoisotopic (exact) mass is 2170 g/mol. The lowest BCUT2D eigenvalue weighted by molar-refractivity contribution is 0.0698. The molecule has 7 N–H and O–H groups in total. The number of methoxy groups -OCH3 is 4. The number of hydrogen-bond acceptors (Lipinski definition) is 26. The van der Waals surface area contributed by atoms with Gasteiger partial charge in [0.1, 0.15) is 78.7 Å². The maximum absolute atomic E-state index is 11.3. The van der Waals surface area contributed by atoms with Gasteiger partial charge >= 0.3 is 21.4 Å². The first-order valence-corrected chi connectivity index (χ1v) is 45.4. The molecule has 0 radical (unpaired) electrons. The number of aromatic nitrogens is 12. The number of carbonyl (C=O) groups is 1. The number of nitrogen functional groups attached to an aromatic ring is 2. The van der Waals surface area contributed by atoms with Crippen molar-refractivity contribution < 1.29 is 47.3 Å². The Bertz CT molecular complexity index is 6620. The zero-order valence-electron chi connectivity index (χ0n) is 65.2. The van der Waals surface area contributed by atoms with E-state index in [1.165, 1.54) is 29.7 Å². The summed E-state index contributed by atoms with van der Waals surface area (Å²) in [5, 5.41) is 36.2. The Labute approximate surface area is 777 Å². The van der Waals surface area contributed by atoms with Gasteiger partial charge < -0.3 is 45.6 Å². The number of halogens is 9. The van der Waals surface area contributed by atoms with Crippen molar-refractivity contribution in [1.82, 2.24) is 57.4 Å². The van der Waals surface area contributed by atoms with Gasteiger partial charge in [0.25, 0.3) is 0 Å². The normalized spacial score (nSPS) is 10.4. The van der Waals surface area contributed by atoms with Crippen LogP contribution >= 0.6 is 156 Å². The highest BCUT2D eigenvalue weighted by Crippen LogP contribution is 2.38. The molecule has 0 spiro atoms. The van der Waals surface area contributed by atoms with Gasteiger partial charge in [0.2, 0.25) is 0 Å². The molecule has 0 aliphatic carbocycles. The Balaban J connectivity index is 0.000000160. The van der Waals surface area contributed by atoms with Crippen LogP contribution in [0.2, 0.25) is 0 Å². The van der Waals surface area contributed by atoms with Crippen LogP contribution in [0.1, 0.15) is 38.2 Å². The average Bonchev–Trinajstić information content (AvgIpc) is 1.72. The van der Waals surface area contributed by atoms with Gasteiger partial charge in [-0.1, -0.05) is 54.6 Å². The molecule has 38 heteroatoms. The Kier molecular flexibility index (Phi) is 36.1. The van der Waals surface area contributed by atoms with Crippen molar-refractivity contribution in [3.8, 4) is 62.4 Å². The smallest absolute Gasteiger partial charge is 0.488 e. The second-order valence-corrected chi connectivity index (χ2v) is 35.9. The van der Waals surface area contributed by atoms with Gasteiger partial charge in [-0.3, -0.25) is 39.9 Å². The lowest BCUT2D eigenvalue weighted by Gasteiger charge is -2.10. The summed E-state index contributed by atoms with van der Waals surface area (Å²) in [4.78, 5) is 45.8. The van der Waals surface area contributed by atoms with Crippen molar-refractivity contribution >= 4 is 261 Å². The van der Waals surface area contributed by atoms with E-state index in [1.54, 1.807) is 102 Å². The third kappa shape index (κ3) is 26.8. The van der Waals surface area contributed by atoms with Gasteiger partial charge in [0.05, 0.1) is 90.9 Å². The van der Waals surface area contributed by atoms with Crippen molar-refractivity contribution in [2.24, 2.45) is 0 Å². The maximum atomic E-state index is 11.3. The highest BCUT2D eigenvalue weighted by Gasteiger charge is 2.18. The molecular weight excluding hydrogens is 2120 g/mol. The molecule has 6 heterocycles. The van der Waals surface area contributed by atoms with Gasteiger partial charge in [-0.05, 0) is 299 Å². The lowest BCUT2D eigenvalue weighted by atomic mass is 9.79. The zero-order chi connectivity index (χ0) is 88.5. The van der Waals surface area contributed by atoms with Crippen molar-refractivity contribution in [3.63, 3.8) is 0 Å². The number of carboxylic acids is 1. The van der Waals surface area contributed by atoms with Crippen LogP contribution in [-0.4, -0.2) is 122 Å². The minimum Gasteiger partial charge on any atom is -0.497 e. The van der Waals surface area contributed by atoms with E-state index in [0.29, 0.717) is 44.7 Å². The number of carboxylic acid groups (broad SMARTS) is 1. The molecule has 0 unspecified atom stereocenters. The second-order valence-electron chi connectivity index (χ2n) is 25.2. The number of ether oxygens (including phenoxy) is 4. The third-order valence-corrected chi connectivity index (χ3v) is 22.4. The quantitative estimate of drug-likeness (QED) is 0.0509. The molecule has 0 aliphatic heterocycles. The Morgan fingerprint density at radius 3 is 1.07 bits per heavy atom. The maximum Gasteiger partial charge on any atom is 0.488 e. The summed E-state index contributed by atoms with van der Waals surface area (Å²) in [6.45, 7) is 7.92. The molecule has 0 atom stereocenters. The van der Waals surface area contributed by atoms with Gasteiger partial charge in [-0.15, -0.1) is 0 Å². The predicted octanol–water partition coefficient (Wildman–Crippen LogP) is 22.0. The van der Waals surface area contributed by atoms with E-state index in [2.05, 4.69) is 221 Å². The highest BCUT2D eigenvalue weighted by atomic mass is 79.9. The Hall–Kier alpha value is -9.95. The number of hydrogen-bond donors (Lipinski definition) is 5. The van der Waals surface area contributed by atoms with Crippen LogP contribution in [-0.2, 0) is 8.26 Å². The first-order chi connectivity index (χ1) is 58.3. The van der Waals surface area contributed by atoms with E-state index in [0.717, 1.165) is 154 Å². The van der Waals surface area contributed by atoms with E-state index in [-0.39, 0.29) is 5.56 Å². The number of rotatable bonds is 9. The summed E-state index contributed by atoms with van der Waals surface area (Å²) in [5.41, 5.74) is 33.1. The number of fused-ring (bicyclic) bond motifs is 6. The van der Waals surface area contributed by atoms with Crippen LogP contribution in [0.4, 0.5) is 11.4 Å². The molecule has 0 aliphatic rings. The number of benzene rings is 11. The molecule has 6 aromatic heterocycles. The van der Waals surface area contributed by atoms with Crippen LogP contribution in [0.5, 0.6) is 23.0 Å². The molecule has 0 amide bonds. The highest BCUT2D eigenvalue weighted by molar-refractivity contribution is 9.11. The largest absolute Gasteiger partial charge is 0.497 e. The van der Waals surface area contributed by atoms with E-state index < -0.39 is 21.4 Å². The minimum absolute atomic E-state index is 0.145. The Morgan fingerprint density at radius 2 is 0.697 bits per heavy atom. The molecule has 0 fully saturated rings. The van der Waals surface area contributed by atoms with E-state index in [1.807, 2.05) is 142 Å². The summed E-state index contributed by atoms with van der Waals surface area (Å²) < 4.78 is 62.1. The molecule has 11 aromatic carbocycles. The third-order valence-electron chi connectivity index (χ3n) is 16.8. The van der Waals surface area contributed by atoms with E-state index >= 15 is 0 Å². The van der Waals surface area contributed by atoms with Crippen molar-refractivity contribution in [2.75, 3.05) is 39.9 Å². The Morgan fingerprint density at radius 1 is 0.402 bits per heavy atom. The number of anilines is 2. The van der Waals surface area contributed by atoms with E-state index in [4.69, 9.17) is 48.9 Å². The van der Waals surface area contributed by atoms with Crippen LogP contribution in [0.3, 0.4) is 0 Å². The van der Waals surface area contributed by atoms with Gasteiger partial charge in [-0.2, -0.15) is 31.2 Å². The number of nitriles is 1. The molecule has 0 saturated carbocycles. The van der Waals surface area contributed by atoms with Crippen LogP contribution in [0.15, 0.2) is 251 Å². The van der Waals surface area contributed by atoms with Crippen LogP contribution in [0, 0.1) is 39.0 Å². The molecule has 17 aromatic rings. The molecule has 0 saturated heterocycles. The molecule has 25 nitrogen and oxygen atoms in total. The fourth-order valence-electron chi connectivity index (χ4n) is 11.3. The molecular formula is C84H67BBr7Cl2N15O10S3. The van der Waals surface area contributed by atoms with Crippen LogP contribution in [0.25, 0.3) is 99.6 Å². The van der Waals surface area contributed by atoms with Crippen molar-refractivity contribution in [3.05, 3.63) is 284 Å². The van der Waals surface area contributed by atoms with Crippen molar-refractivity contribution in [2.45, 2.75) is 27.7 Å². The summed E-state index contributed by atoms with van der Waals surface area (Å²) in [5.74, 6) is 2.01. The number of nitrogens with zero attached hydrogens (tertiary/aromatic N) is 13. The first kappa shape index (κ1) is 95.9. The SMILES string of the molecule is Brc1ccc(Br)c2nccnc12.Brc1ccc(Br)c2nsnc12.COc1cc(C)cc(-c2ccc(Br)c3nccnc23)c1.COc1cc(C)cc(-c2ccc(C#N)c3nccnc23)c1.COc1cc(C)cc(-c2ccc(C(=O)O)c3nccnc23)c1.COc1cc(C)cc(B(O)O)c1.Nc1c(Br)ccc(Br)c1N.O=S(=O)(Cl)Cl.c1ccc2nsnc2c1. The van der Waals surface area contributed by atoms with Gasteiger partial charge in [-0.25, -0.2) is 4.79 Å². The molecule has 122 heavy (non-hydrogen) atoms. The van der Waals surface area contributed by atoms with Gasteiger partial charge in [0.15, 0.2) is 0 Å². The number of aryl methyl sites for hydroxylation is 4. The summed E-state index contributed by atoms with van der Waals surface area (Å²) in [6, 6.07) is 55.6.